The van der Waals surface area contributed by atoms with Crippen LogP contribution in [0.1, 0.15) is 23.5 Å². The third-order valence-electron chi connectivity index (χ3n) is 4.65. The lowest BCUT2D eigenvalue weighted by molar-refractivity contribution is -0.117. The third-order valence-corrected chi connectivity index (χ3v) is 5.70. The highest BCUT2D eigenvalue weighted by Crippen LogP contribution is 2.44. The second-order valence-corrected chi connectivity index (χ2v) is 7.32. The van der Waals surface area contributed by atoms with Gasteiger partial charge in [-0.2, -0.15) is 0 Å². The number of hydrogen-bond donors (Lipinski definition) is 1. The first kappa shape index (κ1) is 15.5. The minimum atomic E-state index is -0.444. The molecule has 0 spiro atoms. The molecule has 2 aliphatic heterocycles. The molecular weight excluding hydrogens is 348 g/mol. The Bertz CT molecular complexity index is 955. The number of aromatic nitrogens is 3. The Kier molecular flexibility index (Phi) is 3.67. The quantitative estimate of drug-likeness (QED) is 0.752. The van der Waals surface area contributed by atoms with E-state index in [1.807, 2.05) is 53.1 Å². The lowest BCUT2D eigenvalue weighted by Gasteiger charge is -2.27. The number of carbonyl (C=O) groups excluding carboxylic acids is 1. The van der Waals surface area contributed by atoms with E-state index in [9.17, 15) is 4.79 Å². The summed E-state index contributed by atoms with van der Waals surface area (Å²) >= 11 is 1.67. The molecule has 1 N–H and O–H groups in total. The zero-order chi connectivity index (χ0) is 17.5. The van der Waals surface area contributed by atoms with Gasteiger partial charge in [-0.05, 0) is 18.6 Å². The van der Waals surface area contributed by atoms with Crippen molar-refractivity contribution in [3.05, 3.63) is 59.7 Å². The summed E-state index contributed by atoms with van der Waals surface area (Å²) in [6.45, 7) is 0.825. The number of anilines is 1. The van der Waals surface area contributed by atoms with Crippen molar-refractivity contribution in [2.75, 3.05) is 11.1 Å². The maximum absolute atomic E-state index is 13.2. The molecule has 6 nitrogen and oxygen atoms in total. The fourth-order valence-electron chi connectivity index (χ4n) is 3.45. The van der Waals surface area contributed by atoms with Crippen LogP contribution in [0.25, 0.3) is 0 Å². The van der Waals surface area contributed by atoms with Crippen LogP contribution in [0.4, 0.5) is 5.95 Å². The minimum Gasteiger partial charge on any atom is -0.457 e. The van der Waals surface area contributed by atoms with Gasteiger partial charge in [0, 0.05) is 23.4 Å². The Balaban J connectivity index is 1.53. The molecular formula is C19H16N4O2S. The molecule has 3 heterocycles. The standard InChI is InChI=1S/C19H16N4O2S/c24-17(20-18-21-22-19-23(18)10-5-11-26-19)16-12-6-1-3-8-14(12)25-15-9-4-2-7-13(15)16/h1-4,6-9,16H,5,10-11H2,(H,20,21,24). The Hall–Kier alpha value is -2.80. The molecule has 0 fully saturated rings. The van der Waals surface area contributed by atoms with Crippen LogP contribution in [0.5, 0.6) is 11.5 Å². The zero-order valence-electron chi connectivity index (χ0n) is 13.9. The van der Waals surface area contributed by atoms with Crippen LogP contribution in [0.2, 0.25) is 0 Å². The second kappa shape index (κ2) is 6.17. The molecule has 5 rings (SSSR count). The molecule has 0 bridgehead atoms. The highest BCUT2D eigenvalue weighted by molar-refractivity contribution is 7.99. The van der Waals surface area contributed by atoms with Crippen LogP contribution in [0.3, 0.4) is 0 Å². The van der Waals surface area contributed by atoms with Gasteiger partial charge >= 0.3 is 0 Å². The number of fused-ring (bicyclic) bond motifs is 3. The Morgan fingerprint density at radius 2 is 1.77 bits per heavy atom. The van der Waals surface area contributed by atoms with Crippen LogP contribution in [0.15, 0.2) is 53.7 Å². The minimum absolute atomic E-state index is 0.126. The van der Waals surface area contributed by atoms with E-state index < -0.39 is 5.92 Å². The predicted octanol–water partition coefficient (Wildman–Crippen LogP) is 3.65. The molecule has 0 aliphatic carbocycles. The first-order valence-electron chi connectivity index (χ1n) is 8.54. The number of benzene rings is 2. The van der Waals surface area contributed by atoms with Crippen LogP contribution in [-0.2, 0) is 11.3 Å². The highest BCUT2D eigenvalue weighted by atomic mass is 32.2. The van der Waals surface area contributed by atoms with E-state index in [0.29, 0.717) is 17.4 Å². The van der Waals surface area contributed by atoms with Crippen molar-refractivity contribution in [3.8, 4) is 11.5 Å². The van der Waals surface area contributed by atoms with Gasteiger partial charge in [0.05, 0.1) is 5.92 Å². The molecule has 3 aromatic rings. The van der Waals surface area contributed by atoms with Crippen molar-refractivity contribution >= 4 is 23.6 Å². The number of ether oxygens (including phenoxy) is 1. The molecule has 26 heavy (non-hydrogen) atoms. The van der Waals surface area contributed by atoms with E-state index in [1.54, 1.807) is 11.8 Å². The van der Waals surface area contributed by atoms with Crippen molar-refractivity contribution in [2.45, 2.75) is 24.0 Å². The number of hydrogen-bond acceptors (Lipinski definition) is 5. The van der Waals surface area contributed by atoms with E-state index in [4.69, 9.17) is 4.74 Å². The largest absolute Gasteiger partial charge is 0.457 e. The van der Waals surface area contributed by atoms with Gasteiger partial charge in [0.25, 0.3) is 0 Å². The lowest BCUT2D eigenvalue weighted by atomic mass is 9.87. The normalized spacial score (nSPS) is 15.4. The summed E-state index contributed by atoms with van der Waals surface area (Å²) in [6, 6.07) is 15.3. The zero-order valence-corrected chi connectivity index (χ0v) is 14.7. The van der Waals surface area contributed by atoms with Crippen LogP contribution in [-0.4, -0.2) is 26.4 Å². The number of nitrogens with one attached hydrogen (secondary N) is 1. The summed E-state index contributed by atoms with van der Waals surface area (Å²) in [5, 5.41) is 12.2. The second-order valence-electron chi connectivity index (χ2n) is 6.26. The maximum Gasteiger partial charge on any atom is 0.239 e. The van der Waals surface area contributed by atoms with Crippen molar-refractivity contribution in [2.24, 2.45) is 0 Å². The fourth-order valence-corrected chi connectivity index (χ4v) is 4.34. The molecule has 1 amide bonds. The smallest absolute Gasteiger partial charge is 0.239 e. The molecule has 1 aromatic heterocycles. The van der Waals surface area contributed by atoms with E-state index in [1.165, 1.54) is 0 Å². The summed E-state index contributed by atoms with van der Waals surface area (Å²) in [6.07, 6.45) is 1.04. The van der Waals surface area contributed by atoms with Crippen LogP contribution in [0, 0.1) is 0 Å². The average molecular weight is 364 g/mol. The number of carbonyl (C=O) groups is 1. The topological polar surface area (TPSA) is 69.0 Å². The number of para-hydroxylation sites is 2. The molecule has 2 aromatic carbocycles. The summed E-state index contributed by atoms with van der Waals surface area (Å²) in [7, 11) is 0. The molecule has 0 atom stereocenters. The van der Waals surface area contributed by atoms with Gasteiger partial charge in [0.2, 0.25) is 11.9 Å². The third kappa shape index (κ3) is 2.47. The number of thioether (sulfide) groups is 1. The molecule has 0 radical (unpaired) electrons. The van der Waals surface area contributed by atoms with Crippen molar-refractivity contribution in [1.82, 2.24) is 14.8 Å². The van der Waals surface area contributed by atoms with Gasteiger partial charge < -0.3 is 4.74 Å². The van der Waals surface area contributed by atoms with Crippen molar-refractivity contribution in [1.29, 1.82) is 0 Å². The van der Waals surface area contributed by atoms with Gasteiger partial charge in [0.15, 0.2) is 5.16 Å². The SMILES string of the molecule is O=C(Nc1nnc2n1CCCS2)C1c2ccccc2Oc2ccccc21. The Labute approximate surface area is 154 Å². The molecule has 0 saturated heterocycles. The first-order chi connectivity index (χ1) is 12.8. The van der Waals surface area contributed by atoms with Crippen molar-refractivity contribution in [3.63, 3.8) is 0 Å². The van der Waals surface area contributed by atoms with Crippen LogP contribution >= 0.6 is 11.8 Å². The molecule has 7 heteroatoms. The molecule has 0 saturated carbocycles. The van der Waals surface area contributed by atoms with Gasteiger partial charge in [-0.1, -0.05) is 48.2 Å². The van der Waals surface area contributed by atoms with Gasteiger partial charge in [0.1, 0.15) is 11.5 Å². The fraction of sp³-hybridized carbons (Fsp3) is 0.211. The summed E-state index contributed by atoms with van der Waals surface area (Å²) < 4.78 is 7.94. The Morgan fingerprint density at radius 3 is 2.50 bits per heavy atom. The molecule has 0 unspecified atom stereocenters. The summed E-state index contributed by atoms with van der Waals surface area (Å²) in [4.78, 5) is 13.2. The first-order valence-corrected chi connectivity index (χ1v) is 9.52. The monoisotopic (exact) mass is 364 g/mol. The van der Waals surface area contributed by atoms with Crippen molar-refractivity contribution < 1.29 is 9.53 Å². The summed E-state index contributed by atoms with van der Waals surface area (Å²) in [5.74, 6) is 2.40. The summed E-state index contributed by atoms with van der Waals surface area (Å²) in [5.41, 5.74) is 1.72. The number of nitrogens with zero attached hydrogens (tertiary/aromatic N) is 3. The molecule has 130 valence electrons. The maximum atomic E-state index is 13.2. The number of amides is 1. The van der Waals surface area contributed by atoms with E-state index in [2.05, 4.69) is 15.5 Å². The van der Waals surface area contributed by atoms with E-state index >= 15 is 0 Å². The average Bonchev–Trinajstić information content (AvgIpc) is 3.09. The Morgan fingerprint density at radius 1 is 1.08 bits per heavy atom. The lowest BCUT2D eigenvalue weighted by Crippen LogP contribution is -2.26. The van der Waals surface area contributed by atoms with Gasteiger partial charge in [-0.3, -0.25) is 14.7 Å². The van der Waals surface area contributed by atoms with E-state index in [-0.39, 0.29) is 5.91 Å². The van der Waals surface area contributed by atoms with Gasteiger partial charge in [-0.15, -0.1) is 10.2 Å². The number of rotatable bonds is 2. The predicted molar refractivity (Wildman–Crippen MR) is 98.8 cm³/mol. The van der Waals surface area contributed by atoms with E-state index in [0.717, 1.165) is 35.0 Å². The van der Waals surface area contributed by atoms with Gasteiger partial charge in [-0.25, -0.2) is 0 Å². The molecule has 2 aliphatic rings. The highest BCUT2D eigenvalue weighted by Gasteiger charge is 2.33. The van der Waals surface area contributed by atoms with Crippen LogP contribution < -0.4 is 10.1 Å².